The molecule has 12 heavy (non-hydrogen) atoms. The van der Waals surface area contributed by atoms with Crippen LogP contribution in [0.4, 0.5) is 0 Å². The molecule has 0 rings (SSSR count). The van der Waals surface area contributed by atoms with Crippen molar-refractivity contribution in [3.05, 3.63) is 0 Å². The number of rotatable bonds is 5. The lowest BCUT2D eigenvalue weighted by Crippen LogP contribution is -2.40. The van der Waals surface area contributed by atoms with Gasteiger partial charge in [-0.1, -0.05) is 0 Å². The van der Waals surface area contributed by atoms with Gasteiger partial charge >= 0.3 is 5.97 Å². The Morgan fingerprint density at radius 1 is 1.58 bits per heavy atom. The first kappa shape index (κ1) is 11.3. The largest absolute Gasteiger partial charge is 0.480 e. The van der Waals surface area contributed by atoms with E-state index in [1.54, 1.807) is 0 Å². The number of hydrogen-bond acceptors (Lipinski definition) is 4. The van der Waals surface area contributed by atoms with Gasteiger partial charge in [0.25, 0.3) is 0 Å². The van der Waals surface area contributed by atoms with E-state index >= 15 is 0 Å². The van der Waals surface area contributed by atoms with Gasteiger partial charge in [0.15, 0.2) is 0 Å². The Balaban J connectivity index is 4.24. The molecule has 0 aliphatic carbocycles. The lowest BCUT2D eigenvalue weighted by atomic mass is 10.2. The van der Waals surface area contributed by atoms with Gasteiger partial charge in [-0.2, -0.15) is 0 Å². The highest BCUT2D eigenvalue weighted by Gasteiger charge is 2.20. The fourth-order valence-corrected chi connectivity index (χ4v) is 1.36. The third kappa shape index (κ3) is 5.05. The minimum atomic E-state index is -3.53. The minimum Gasteiger partial charge on any atom is -0.480 e. The summed E-state index contributed by atoms with van der Waals surface area (Å²) in [5.41, 5.74) is 0. The Morgan fingerprint density at radius 2 is 2.08 bits per heavy atom. The zero-order valence-electron chi connectivity index (χ0n) is 6.52. The van der Waals surface area contributed by atoms with Crippen LogP contribution < -0.4 is 4.72 Å². The molecular formula is C5H11NO5S. The zero-order chi connectivity index (χ0) is 9.78. The Labute approximate surface area is 70.3 Å². The van der Waals surface area contributed by atoms with E-state index in [9.17, 15) is 13.2 Å². The molecule has 0 spiro atoms. The van der Waals surface area contributed by atoms with Crippen molar-refractivity contribution in [1.29, 1.82) is 0 Å². The van der Waals surface area contributed by atoms with Crippen molar-refractivity contribution in [3.8, 4) is 0 Å². The highest BCUT2D eigenvalue weighted by molar-refractivity contribution is 7.88. The number of aliphatic hydroxyl groups is 1. The molecule has 72 valence electrons. The molecule has 0 radical (unpaired) electrons. The SMILES string of the molecule is CS(=O)(=O)NC(CCO)C(=O)O. The summed E-state index contributed by atoms with van der Waals surface area (Å²) in [6, 6.07) is -1.25. The zero-order valence-corrected chi connectivity index (χ0v) is 7.34. The number of carboxylic acids is 1. The number of sulfonamides is 1. The van der Waals surface area contributed by atoms with Crippen LogP contribution in [0.2, 0.25) is 0 Å². The molecule has 0 amide bonds. The molecule has 0 saturated carbocycles. The van der Waals surface area contributed by atoms with E-state index in [4.69, 9.17) is 10.2 Å². The number of carbonyl (C=O) groups is 1. The van der Waals surface area contributed by atoms with Gasteiger partial charge in [-0.25, -0.2) is 13.1 Å². The van der Waals surface area contributed by atoms with Crippen LogP contribution in [0.5, 0.6) is 0 Å². The lowest BCUT2D eigenvalue weighted by Gasteiger charge is -2.10. The van der Waals surface area contributed by atoms with Gasteiger partial charge in [0.05, 0.1) is 6.26 Å². The van der Waals surface area contributed by atoms with Crippen LogP contribution in [-0.2, 0) is 14.8 Å². The molecule has 1 atom stereocenters. The van der Waals surface area contributed by atoms with E-state index in [0.717, 1.165) is 6.26 Å². The summed E-state index contributed by atoms with van der Waals surface area (Å²) in [6.45, 7) is -0.376. The lowest BCUT2D eigenvalue weighted by molar-refractivity contribution is -0.139. The van der Waals surface area contributed by atoms with E-state index in [1.165, 1.54) is 0 Å². The summed E-state index contributed by atoms with van der Waals surface area (Å²) >= 11 is 0. The normalized spacial score (nSPS) is 14.2. The molecule has 0 fully saturated rings. The molecule has 7 heteroatoms. The molecule has 0 bridgehead atoms. The summed E-state index contributed by atoms with van der Waals surface area (Å²) < 4.78 is 23.0. The molecule has 1 unspecified atom stereocenters. The Hall–Kier alpha value is -0.660. The maximum Gasteiger partial charge on any atom is 0.321 e. The van der Waals surface area contributed by atoms with E-state index in [1.807, 2.05) is 4.72 Å². The van der Waals surface area contributed by atoms with Gasteiger partial charge in [-0.3, -0.25) is 4.79 Å². The molecule has 0 aliphatic rings. The smallest absolute Gasteiger partial charge is 0.321 e. The molecule has 0 aromatic rings. The topological polar surface area (TPSA) is 104 Å². The highest BCUT2D eigenvalue weighted by Crippen LogP contribution is 1.93. The predicted octanol–water partition coefficient (Wildman–Crippen LogP) is -1.63. The van der Waals surface area contributed by atoms with Gasteiger partial charge in [-0.15, -0.1) is 0 Å². The maximum absolute atomic E-state index is 10.6. The fourth-order valence-electron chi connectivity index (χ4n) is 0.620. The van der Waals surface area contributed by atoms with Gasteiger partial charge in [-0.05, 0) is 6.42 Å². The second-order valence-electron chi connectivity index (χ2n) is 2.29. The van der Waals surface area contributed by atoms with E-state index in [2.05, 4.69) is 0 Å². The summed E-state index contributed by atoms with van der Waals surface area (Å²) in [6.07, 6.45) is 0.725. The van der Waals surface area contributed by atoms with Crippen molar-refractivity contribution < 1.29 is 23.4 Å². The first-order chi connectivity index (χ1) is 5.37. The average molecular weight is 197 g/mol. The number of carboxylic acid groups (broad SMARTS) is 1. The van der Waals surface area contributed by atoms with Crippen molar-refractivity contribution >= 4 is 16.0 Å². The quantitative estimate of drug-likeness (QED) is 0.491. The van der Waals surface area contributed by atoms with Crippen molar-refractivity contribution in [1.82, 2.24) is 4.72 Å². The fraction of sp³-hybridized carbons (Fsp3) is 0.800. The number of aliphatic carboxylic acids is 1. The first-order valence-corrected chi connectivity index (χ1v) is 5.07. The van der Waals surface area contributed by atoms with Gasteiger partial charge < -0.3 is 10.2 Å². The van der Waals surface area contributed by atoms with Crippen molar-refractivity contribution in [2.75, 3.05) is 12.9 Å². The molecule has 0 heterocycles. The van der Waals surface area contributed by atoms with E-state index < -0.39 is 22.0 Å². The average Bonchev–Trinajstić information content (AvgIpc) is 1.83. The molecule has 3 N–H and O–H groups in total. The third-order valence-electron chi connectivity index (χ3n) is 1.07. The van der Waals surface area contributed by atoms with Gasteiger partial charge in [0.1, 0.15) is 6.04 Å². The number of nitrogens with one attached hydrogen (secondary N) is 1. The van der Waals surface area contributed by atoms with Crippen LogP contribution >= 0.6 is 0 Å². The van der Waals surface area contributed by atoms with Gasteiger partial charge in [0.2, 0.25) is 10.0 Å². The van der Waals surface area contributed by atoms with Crippen LogP contribution in [0.3, 0.4) is 0 Å². The molecule has 0 aliphatic heterocycles. The number of hydrogen-bond donors (Lipinski definition) is 3. The van der Waals surface area contributed by atoms with Crippen molar-refractivity contribution in [2.24, 2.45) is 0 Å². The maximum atomic E-state index is 10.6. The second-order valence-corrected chi connectivity index (χ2v) is 4.07. The van der Waals surface area contributed by atoms with Gasteiger partial charge in [0, 0.05) is 6.61 Å². The van der Waals surface area contributed by atoms with Crippen LogP contribution in [0.15, 0.2) is 0 Å². The summed E-state index contributed by atoms with van der Waals surface area (Å²) in [5.74, 6) is -1.30. The molecule has 0 aromatic carbocycles. The van der Waals surface area contributed by atoms with Crippen LogP contribution in [0.1, 0.15) is 6.42 Å². The molecule has 0 aromatic heterocycles. The van der Waals surface area contributed by atoms with E-state index in [0.29, 0.717) is 0 Å². The number of aliphatic hydroxyl groups excluding tert-OH is 1. The van der Waals surface area contributed by atoms with Crippen molar-refractivity contribution in [3.63, 3.8) is 0 Å². The third-order valence-corrected chi connectivity index (χ3v) is 1.78. The van der Waals surface area contributed by atoms with Crippen LogP contribution in [0, 0.1) is 0 Å². The van der Waals surface area contributed by atoms with Crippen LogP contribution in [-0.4, -0.2) is 43.5 Å². The predicted molar refractivity (Wildman–Crippen MR) is 41.1 cm³/mol. The van der Waals surface area contributed by atoms with Crippen molar-refractivity contribution in [2.45, 2.75) is 12.5 Å². The minimum absolute atomic E-state index is 0.137. The molecule has 6 nitrogen and oxygen atoms in total. The highest BCUT2D eigenvalue weighted by atomic mass is 32.2. The van der Waals surface area contributed by atoms with Crippen LogP contribution in [0.25, 0.3) is 0 Å². The Kier molecular flexibility index (Phi) is 4.15. The van der Waals surface area contributed by atoms with E-state index in [-0.39, 0.29) is 13.0 Å². The standard InChI is InChI=1S/C5H11NO5S/c1-12(10,11)6-4(2-3-7)5(8)9/h4,6-7H,2-3H2,1H3,(H,8,9). The molecular weight excluding hydrogens is 186 g/mol. The molecule has 0 saturated heterocycles. The monoisotopic (exact) mass is 197 g/mol. The second kappa shape index (κ2) is 4.39. The summed E-state index contributed by atoms with van der Waals surface area (Å²) in [5, 5.41) is 16.8. The summed E-state index contributed by atoms with van der Waals surface area (Å²) in [4.78, 5) is 10.3. The Morgan fingerprint density at radius 3 is 2.33 bits per heavy atom. The Bertz CT molecular complexity index is 247. The summed E-state index contributed by atoms with van der Waals surface area (Å²) in [7, 11) is -3.53. The first-order valence-electron chi connectivity index (χ1n) is 3.18.